The SMILES string of the molecule is CCOC(=O)NC1CCCN(C(=O)c2ccc3[nH]c(C)c(C)c3c2)C1. The van der Waals surface area contributed by atoms with Crippen molar-refractivity contribution in [1.82, 2.24) is 15.2 Å². The maximum Gasteiger partial charge on any atom is 0.407 e. The minimum atomic E-state index is -0.415. The number of aromatic amines is 1. The molecule has 0 radical (unpaired) electrons. The van der Waals surface area contributed by atoms with Crippen LogP contribution in [0.25, 0.3) is 10.9 Å². The Hall–Kier alpha value is -2.50. The molecule has 2 heterocycles. The number of nitrogens with zero attached hydrogens (tertiary/aromatic N) is 1. The minimum absolute atomic E-state index is 0.00973. The Labute approximate surface area is 147 Å². The third-order valence-corrected chi connectivity index (χ3v) is 4.86. The molecule has 1 aromatic carbocycles. The molecular weight excluding hydrogens is 318 g/mol. The van der Waals surface area contributed by atoms with Crippen molar-refractivity contribution in [2.45, 2.75) is 39.7 Å². The lowest BCUT2D eigenvalue weighted by Crippen LogP contribution is -2.49. The minimum Gasteiger partial charge on any atom is -0.450 e. The molecule has 1 aliphatic heterocycles. The lowest BCUT2D eigenvalue weighted by molar-refractivity contribution is 0.0686. The Kier molecular flexibility index (Phi) is 4.97. The Balaban J connectivity index is 1.73. The number of hydrogen-bond donors (Lipinski definition) is 2. The highest BCUT2D eigenvalue weighted by Crippen LogP contribution is 2.23. The lowest BCUT2D eigenvalue weighted by Gasteiger charge is -2.33. The van der Waals surface area contributed by atoms with Crippen molar-refractivity contribution in [1.29, 1.82) is 0 Å². The number of aromatic nitrogens is 1. The van der Waals surface area contributed by atoms with E-state index in [9.17, 15) is 9.59 Å². The van der Waals surface area contributed by atoms with Gasteiger partial charge in [-0.15, -0.1) is 0 Å². The first-order valence-corrected chi connectivity index (χ1v) is 8.81. The van der Waals surface area contributed by atoms with Gasteiger partial charge in [0.1, 0.15) is 0 Å². The van der Waals surface area contributed by atoms with Crippen molar-refractivity contribution < 1.29 is 14.3 Å². The molecule has 6 nitrogen and oxygen atoms in total. The summed E-state index contributed by atoms with van der Waals surface area (Å²) in [5, 5.41) is 3.92. The molecule has 0 saturated carbocycles. The number of ether oxygens (including phenoxy) is 1. The fourth-order valence-corrected chi connectivity index (χ4v) is 3.40. The van der Waals surface area contributed by atoms with Gasteiger partial charge in [0, 0.05) is 41.3 Å². The topological polar surface area (TPSA) is 74.4 Å². The number of carbonyl (C=O) groups is 2. The van der Waals surface area contributed by atoms with E-state index in [1.807, 2.05) is 30.0 Å². The number of rotatable bonds is 3. The molecule has 0 bridgehead atoms. The monoisotopic (exact) mass is 343 g/mol. The van der Waals surface area contributed by atoms with Crippen molar-refractivity contribution in [2.75, 3.05) is 19.7 Å². The van der Waals surface area contributed by atoms with Crippen molar-refractivity contribution in [2.24, 2.45) is 0 Å². The number of nitrogens with one attached hydrogen (secondary N) is 2. The third kappa shape index (κ3) is 3.62. The summed E-state index contributed by atoms with van der Waals surface area (Å²) >= 11 is 0. The van der Waals surface area contributed by atoms with Crippen molar-refractivity contribution in [3.63, 3.8) is 0 Å². The standard InChI is InChI=1S/C19H25N3O3/c1-4-25-19(24)21-15-6-5-9-22(11-15)18(23)14-7-8-17-16(10-14)12(2)13(3)20-17/h7-8,10,15,20H,4-6,9,11H2,1-3H3,(H,21,24). The first-order valence-electron chi connectivity index (χ1n) is 8.81. The maximum absolute atomic E-state index is 12.9. The van der Waals surface area contributed by atoms with E-state index >= 15 is 0 Å². The predicted molar refractivity (Wildman–Crippen MR) is 96.9 cm³/mol. The van der Waals surface area contributed by atoms with Crippen LogP contribution >= 0.6 is 0 Å². The van der Waals surface area contributed by atoms with Crippen LogP contribution in [0.4, 0.5) is 4.79 Å². The number of carbonyl (C=O) groups excluding carboxylic acids is 2. The molecule has 1 unspecified atom stereocenters. The zero-order valence-corrected chi connectivity index (χ0v) is 15.0. The molecule has 6 heteroatoms. The molecule has 0 spiro atoms. The Morgan fingerprint density at radius 2 is 2.16 bits per heavy atom. The van der Waals surface area contributed by atoms with E-state index in [2.05, 4.69) is 17.2 Å². The van der Waals surface area contributed by atoms with Crippen LogP contribution in [0.5, 0.6) is 0 Å². The summed E-state index contributed by atoms with van der Waals surface area (Å²) in [5.74, 6) is 0.00973. The van der Waals surface area contributed by atoms with Crippen LogP contribution in [0.15, 0.2) is 18.2 Å². The smallest absolute Gasteiger partial charge is 0.407 e. The fraction of sp³-hybridized carbons (Fsp3) is 0.474. The number of piperidine rings is 1. The number of hydrogen-bond acceptors (Lipinski definition) is 3. The number of fused-ring (bicyclic) bond motifs is 1. The zero-order chi connectivity index (χ0) is 18.0. The van der Waals surface area contributed by atoms with Gasteiger partial charge in [-0.2, -0.15) is 0 Å². The molecule has 1 atom stereocenters. The molecular formula is C19H25N3O3. The molecule has 1 aromatic heterocycles. The Bertz CT molecular complexity index is 797. The van der Waals surface area contributed by atoms with Gasteiger partial charge in [-0.1, -0.05) is 0 Å². The first-order chi connectivity index (χ1) is 12.0. The van der Waals surface area contributed by atoms with Crippen molar-refractivity contribution in [3.05, 3.63) is 35.0 Å². The van der Waals surface area contributed by atoms with E-state index in [4.69, 9.17) is 4.74 Å². The second-order valence-corrected chi connectivity index (χ2v) is 6.59. The molecule has 2 amide bonds. The largest absolute Gasteiger partial charge is 0.450 e. The number of alkyl carbamates (subject to hydrolysis) is 1. The fourth-order valence-electron chi connectivity index (χ4n) is 3.40. The van der Waals surface area contributed by atoms with Crippen molar-refractivity contribution >= 4 is 22.9 Å². The van der Waals surface area contributed by atoms with Gasteiger partial charge < -0.3 is 19.9 Å². The number of amides is 2. The van der Waals surface area contributed by atoms with Crippen LogP contribution in [0.1, 0.15) is 41.4 Å². The number of likely N-dealkylation sites (tertiary alicyclic amines) is 1. The predicted octanol–water partition coefficient (Wildman–Crippen LogP) is 3.14. The van der Waals surface area contributed by atoms with Crippen LogP contribution in [-0.4, -0.2) is 47.6 Å². The summed E-state index contributed by atoms with van der Waals surface area (Å²) in [6, 6.07) is 5.72. The Morgan fingerprint density at radius 3 is 2.92 bits per heavy atom. The first kappa shape index (κ1) is 17.3. The highest BCUT2D eigenvalue weighted by atomic mass is 16.5. The quantitative estimate of drug-likeness (QED) is 0.899. The van der Waals surface area contributed by atoms with Crippen molar-refractivity contribution in [3.8, 4) is 0 Å². The summed E-state index contributed by atoms with van der Waals surface area (Å²) in [7, 11) is 0. The molecule has 1 aliphatic rings. The van der Waals surface area contributed by atoms with Crippen LogP contribution < -0.4 is 5.32 Å². The van der Waals surface area contributed by atoms with Gasteiger partial charge >= 0.3 is 6.09 Å². The molecule has 1 saturated heterocycles. The number of aryl methyl sites for hydroxylation is 2. The summed E-state index contributed by atoms with van der Waals surface area (Å²) in [6.07, 6.45) is 1.31. The highest BCUT2D eigenvalue weighted by molar-refractivity contribution is 5.99. The highest BCUT2D eigenvalue weighted by Gasteiger charge is 2.26. The van der Waals surface area contributed by atoms with Gasteiger partial charge in [0.2, 0.25) is 0 Å². The van der Waals surface area contributed by atoms with E-state index in [0.29, 0.717) is 25.3 Å². The van der Waals surface area contributed by atoms with E-state index in [-0.39, 0.29) is 11.9 Å². The average molecular weight is 343 g/mol. The molecule has 3 rings (SSSR count). The van der Waals surface area contributed by atoms with Gasteiger partial charge in [0.25, 0.3) is 5.91 Å². The molecule has 25 heavy (non-hydrogen) atoms. The van der Waals surface area contributed by atoms with Gasteiger partial charge in [-0.25, -0.2) is 4.79 Å². The van der Waals surface area contributed by atoms with E-state index in [1.165, 1.54) is 5.56 Å². The summed E-state index contributed by atoms with van der Waals surface area (Å²) in [4.78, 5) is 29.6. The second kappa shape index (κ2) is 7.17. The van der Waals surface area contributed by atoms with Crippen LogP contribution in [0.3, 0.4) is 0 Å². The second-order valence-electron chi connectivity index (χ2n) is 6.59. The summed E-state index contributed by atoms with van der Waals surface area (Å²) < 4.78 is 4.93. The van der Waals surface area contributed by atoms with Crippen LogP contribution in [0, 0.1) is 13.8 Å². The van der Waals surface area contributed by atoms with E-state index in [1.54, 1.807) is 6.92 Å². The van der Waals surface area contributed by atoms with Gasteiger partial charge in [0.05, 0.1) is 6.61 Å². The third-order valence-electron chi connectivity index (χ3n) is 4.86. The number of benzene rings is 1. The number of H-pyrrole nitrogens is 1. The molecule has 134 valence electrons. The molecule has 2 aromatic rings. The van der Waals surface area contributed by atoms with Gasteiger partial charge in [-0.05, 0) is 57.4 Å². The van der Waals surface area contributed by atoms with E-state index in [0.717, 1.165) is 29.4 Å². The summed E-state index contributed by atoms with van der Waals surface area (Å²) in [5.41, 5.74) is 4.03. The normalized spacial score (nSPS) is 17.6. The lowest BCUT2D eigenvalue weighted by atomic mass is 10.0. The maximum atomic E-state index is 12.9. The van der Waals surface area contributed by atoms with Crippen LogP contribution in [-0.2, 0) is 4.74 Å². The molecule has 2 N–H and O–H groups in total. The van der Waals surface area contributed by atoms with Gasteiger partial charge in [-0.3, -0.25) is 4.79 Å². The zero-order valence-electron chi connectivity index (χ0n) is 15.0. The molecule has 1 fully saturated rings. The van der Waals surface area contributed by atoms with Gasteiger partial charge in [0.15, 0.2) is 0 Å². The summed E-state index contributed by atoms with van der Waals surface area (Å²) in [6.45, 7) is 7.44. The average Bonchev–Trinajstić information content (AvgIpc) is 2.88. The molecule has 0 aliphatic carbocycles. The Morgan fingerprint density at radius 1 is 1.36 bits per heavy atom. The van der Waals surface area contributed by atoms with E-state index < -0.39 is 6.09 Å². The van der Waals surface area contributed by atoms with Crippen LogP contribution in [0.2, 0.25) is 0 Å².